The van der Waals surface area contributed by atoms with E-state index in [1.54, 1.807) is 19.1 Å². The molecule has 1 saturated heterocycles. The molecule has 0 radical (unpaired) electrons. The highest BCUT2D eigenvalue weighted by Gasteiger charge is 2.36. The zero-order valence-electron chi connectivity index (χ0n) is 17.8. The van der Waals surface area contributed by atoms with Gasteiger partial charge < -0.3 is 19.3 Å². The maximum absolute atomic E-state index is 5.76. The molecular formula is C22H30N6O2+2. The Labute approximate surface area is 177 Å². The zero-order valence-corrected chi connectivity index (χ0v) is 17.8. The van der Waals surface area contributed by atoms with E-state index in [2.05, 4.69) is 40.8 Å². The molecule has 30 heavy (non-hydrogen) atoms. The molecule has 1 aliphatic heterocycles. The van der Waals surface area contributed by atoms with E-state index in [1.165, 1.54) is 10.5 Å². The van der Waals surface area contributed by atoms with Gasteiger partial charge in [0.05, 0.1) is 33.4 Å². The van der Waals surface area contributed by atoms with Gasteiger partial charge in [-0.25, -0.2) is 4.68 Å². The normalized spacial score (nSPS) is 20.0. The highest BCUT2D eigenvalue weighted by Crippen LogP contribution is 2.31. The summed E-state index contributed by atoms with van der Waals surface area (Å²) in [7, 11) is 5.62. The van der Waals surface area contributed by atoms with Crippen molar-refractivity contribution < 1.29 is 19.3 Å². The van der Waals surface area contributed by atoms with E-state index in [0.717, 1.165) is 49.1 Å². The second kappa shape index (κ2) is 9.23. The first-order chi connectivity index (χ1) is 14.7. The Morgan fingerprint density at radius 1 is 1.00 bits per heavy atom. The Morgan fingerprint density at radius 3 is 2.47 bits per heavy atom. The van der Waals surface area contributed by atoms with E-state index in [1.807, 2.05) is 35.0 Å². The number of aromatic nitrogens is 4. The first kappa shape index (κ1) is 20.3. The molecule has 158 valence electrons. The Morgan fingerprint density at radius 2 is 1.77 bits per heavy atom. The molecule has 8 heteroatoms. The summed E-state index contributed by atoms with van der Waals surface area (Å²) in [5, 5.41) is 12.9. The van der Waals surface area contributed by atoms with Gasteiger partial charge in [0, 0.05) is 6.07 Å². The molecule has 1 fully saturated rings. The third-order valence-electron chi connectivity index (χ3n) is 5.90. The lowest BCUT2D eigenvalue weighted by Crippen LogP contribution is -3.27. The fourth-order valence-electron chi connectivity index (χ4n) is 4.17. The minimum absolute atomic E-state index is 0.0160. The van der Waals surface area contributed by atoms with E-state index in [9.17, 15) is 0 Å². The molecule has 0 bridgehead atoms. The van der Waals surface area contributed by atoms with Crippen LogP contribution in [0.1, 0.15) is 23.0 Å². The molecule has 1 aliphatic rings. The average Bonchev–Trinajstić information content (AvgIpc) is 3.23. The van der Waals surface area contributed by atoms with Crippen LogP contribution in [-0.2, 0) is 6.54 Å². The first-order valence-electron chi connectivity index (χ1n) is 10.4. The maximum atomic E-state index is 5.76. The van der Waals surface area contributed by atoms with E-state index >= 15 is 0 Å². The molecule has 2 aromatic carbocycles. The van der Waals surface area contributed by atoms with Gasteiger partial charge in [0.15, 0.2) is 6.04 Å². The van der Waals surface area contributed by atoms with Crippen LogP contribution >= 0.6 is 0 Å². The van der Waals surface area contributed by atoms with Crippen molar-refractivity contribution >= 4 is 0 Å². The lowest BCUT2D eigenvalue weighted by molar-refractivity contribution is -1.02. The molecule has 0 spiro atoms. The maximum Gasteiger partial charge on any atom is 0.214 e. The van der Waals surface area contributed by atoms with Crippen molar-refractivity contribution in [3.63, 3.8) is 0 Å². The summed E-state index contributed by atoms with van der Waals surface area (Å²) in [5.74, 6) is 2.43. The van der Waals surface area contributed by atoms with Crippen molar-refractivity contribution in [3.05, 3.63) is 65.5 Å². The minimum Gasteiger partial charge on any atom is -0.497 e. The van der Waals surface area contributed by atoms with Crippen molar-refractivity contribution in [2.75, 3.05) is 47.4 Å². The van der Waals surface area contributed by atoms with Crippen molar-refractivity contribution in [2.24, 2.45) is 0 Å². The summed E-state index contributed by atoms with van der Waals surface area (Å²) in [6.07, 6.45) is 0. The second-order valence-electron chi connectivity index (χ2n) is 7.84. The summed E-state index contributed by atoms with van der Waals surface area (Å²) in [5.41, 5.74) is 2.25. The largest absolute Gasteiger partial charge is 0.497 e. The molecular weight excluding hydrogens is 380 g/mol. The number of ether oxygens (including phenoxy) is 2. The van der Waals surface area contributed by atoms with Gasteiger partial charge in [-0.15, -0.1) is 5.10 Å². The van der Waals surface area contributed by atoms with Gasteiger partial charge in [0.25, 0.3) is 0 Å². The lowest BCUT2D eigenvalue weighted by Gasteiger charge is -2.33. The van der Waals surface area contributed by atoms with E-state index in [-0.39, 0.29) is 6.04 Å². The molecule has 0 aliphatic carbocycles. The number of rotatable bonds is 7. The summed E-state index contributed by atoms with van der Waals surface area (Å²) in [6.45, 7) is 4.96. The fraction of sp³-hybridized carbons (Fsp3) is 0.409. The van der Waals surface area contributed by atoms with Gasteiger partial charge in [-0.2, -0.15) is 0 Å². The zero-order chi connectivity index (χ0) is 20.9. The molecule has 0 saturated carbocycles. The molecule has 1 aromatic heterocycles. The smallest absolute Gasteiger partial charge is 0.214 e. The summed E-state index contributed by atoms with van der Waals surface area (Å²) < 4.78 is 13.1. The predicted molar refractivity (Wildman–Crippen MR) is 112 cm³/mol. The number of nitrogens with zero attached hydrogens (tertiary/aromatic N) is 4. The third kappa shape index (κ3) is 4.29. The number of quaternary nitrogens is 2. The number of tetrazole rings is 1. The number of benzene rings is 2. The second-order valence-corrected chi connectivity index (χ2v) is 7.84. The Hall–Kier alpha value is -2.97. The average molecular weight is 411 g/mol. The molecule has 8 nitrogen and oxygen atoms in total. The third-order valence-corrected chi connectivity index (χ3v) is 5.90. The van der Waals surface area contributed by atoms with Gasteiger partial charge in [-0.05, 0) is 28.1 Å². The molecule has 0 amide bonds. The van der Waals surface area contributed by atoms with E-state index in [4.69, 9.17) is 9.47 Å². The summed E-state index contributed by atoms with van der Waals surface area (Å²) in [4.78, 5) is 3.01. The predicted octanol–water partition coefficient (Wildman–Crippen LogP) is -0.759. The van der Waals surface area contributed by atoms with Gasteiger partial charge in [-0.3, -0.25) is 0 Å². The molecule has 2 heterocycles. The summed E-state index contributed by atoms with van der Waals surface area (Å²) >= 11 is 0. The Bertz CT molecular complexity index is 953. The van der Waals surface area contributed by atoms with Crippen LogP contribution in [0.5, 0.6) is 11.5 Å². The van der Waals surface area contributed by atoms with Crippen molar-refractivity contribution in [1.82, 2.24) is 20.2 Å². The van der Waals surface area contributed by atoms with Gasteiger partial charge in [0.1, 0.15) is 37.7 Å². The highest BCUT2D eigenvalue weighted by molar-refractivity contribution is 5.43. The number of methoxy groups -OCH3 is 2. The van der Waals surface area contributed by atoms with Crippen LogP contribution in [0, 0.1) is 0 Å². The lowest BCUT2D eigenvalue weighted by atomic mass is 10.0. The van der Waals surface area contributed by atoms with Crippen molar-refractivity contribution in [1.29, 1.82) is 0 Å². The summed E-state index contributed by atoms with van der Waals surface area (Å²) in [6, 6.07) is 16.3. The quantitative estimate of drug-likeness (QED) is 0.536. The molecule has 1 atom stereocenters. The van der Waals surface area contributed by atoms with Crippen LogP contribution in [-0.4, -0.2) is 67.7 Å². The minimum atomic E-state index is -0.0160. The molecule has 3 aromatic rings. The van der Waals surface area contributed by atoms with Crippen LogP contribution in [0.15, 0.2) is 48.5 Å². The molecule has 2 N–H and O–H groups in total. The van der Waals surface area contributed by atoms with Gasteiger partial charge >= 0.3 is 0 Å². The van der Waals surface area contributed by atoms with Gasteiger partial charge in [0.2, 0.25) is 5.82 Å². The van der Waals surface area contributed by atoms with Gasteiger partial charge in [-0.1, -0.05) is 30.3 Å². The number of likely N-dealkylation sites (N-methyl/N-ethyl adjacent to an activating group) is 1. The highest BCUT2D eigenvalue weighted by atomic mass is 16.5. The number of nitrogens with one attached hydrogen (secondary N) is 2. The first-order valence-corrected chi connectivity index (χ1v) is 10.4. The Kier molecular flexibility index (Phi) is 6.25. The fourth-order valence-corrected chi connectivity index (χ4v) is 4.17. The molecule has 0 unspecified atom stereocenters. The van der Waals surface area contributed by atoms with Crippen LogP contribution < -0.4 is 19.3 Å². The van der Waals surface area contributed by atoms with E-state index in [0.29, 0.717) is 6.54 Å². The topological polar surface area (TPSA) is 70.9 Å². The van der Waals surface area contributed by atoms with Crippen molar-refractivity contribution in [3.8, 4) is 11.5 Å². The van der Waals surface area contributed by atoms with Crippen molar-refractivity contribution in [2.45, 2.75) is 12.6 Å². The number of hydrogen-bond acceptors (Lipinski definition) is 5. The van der Waals surface area contributed by atoms with E-state index < -0.39 is 0 Å². The monoisotopic (exact) mass is 410 g/mol. The van der Waals surface area contributed by atoms with Crippen LogP contribution in [0.25, 0.3) is 0 Å². The SMILES string of the molecule is COc1ccc([C@@H](c2nnnn2Cc2ccccc2)[NH+]2CC[NH+](C)CC2)c(OC)c1. The van der Waals surface area contributed by atoms with Crippen LogP contribution in [0.3, 0.4) is 0 Å². The molecule has 4 rings (SSSR count). The van der Waals surface area contributed by atoms with Crippen LogP contribution in [0.2, 0.25) is 0 Å². The Balaban J connectivity index is 1.75. The standard InChI is InChI=1S/C22H28N6O2/c1-26-11-13-27(14-12-26)21(19-10-9-18(29-2)15-20(19)30-3)22-23-24-25-28(22)16-17-7-5-4-6-8-17/h4-10,15,21H,11-14,16H2,1-3H3/p+2/t21-/m0/s1. The van der Waals surface area contributed by atoms with Crippen LogP contribution in [0.4, 0.5) is 0 Å². The number of piperazine rings is 1. The number of hydrogen-bond donors (Lipinski definition) is 2.